The number of para-hydroxylation sites is 1. The Bertz CT molecular complexity index is 1050. The fourth-order valence-corrected chi connectivity index (χ4v) is 3.46. The first-order valence-electron chi connectivity index (χ1n) is 8.75. The standard InChI is InChI=1S/C21H18N2O4/c22-18(24)12-27-21(25)19-15-7-1-2-9-17(15)23-20-13(5-3-8-16(19)20)11-14-6-4-10-26-14/h1-2,4,6-7,9-11H,3,5,8,12H2,(H2,22,24)/b13-11-. The predicted molar refractivity (Wildman–Crippen MR) is 101 cm³/mol. The summed E-state index contributed by atoms with van der Waals surface area (Å²) in [6, 6.07) is 11.1. The zero-order chi connectivity index (χ0) is 18.8. The van der Waals surface area contributed by atoms with Crippen LogP contribution < -0.4 is 5.73 Å². The van der Waals surface area contributed by atoms with Crippen molar-refractivity contribution in [2.45, 2.75) is 19.3 Å². The smallest absolute Gasteiger partial charge is 0.339 e. The Morgan fingerprint density at radius 1 is 1.19 bits per heavy atom. The van der Waals surface area contributed by atoms with Gasteiger partial charge in [0.1, 0.15) is 5.76 Å². The Morgan fingerprint density at radius 3 is 2.81 bits per heavy atom. The summed E-state index contributed by atoms with van der Waals surface area (Å²) >= 11 is 0. The molecule has 0 spiro atoms. The third-order valence-corrected chi connectivity index (χ3v) is 4.58. The van der Waals surface area contributed by atoms with Crippen molar-refractivity contribution < 1.29 is 18.7 Å². The van der Waals surface area contributed by atoms with Gasteiger partial charge in [0.2, 0.25) is 0 Å². The predicted octanol–water partition coefficient (Wildman–Crippen LogP) is 3.35. The Morgan fingerprint density at radius 2 is 2.04 bits per heavy atom. The number of hydrogen-bond donors (Lipinski definition) is 1. The maximum atomic E-state index is 12.8. The van der Waals surface area contributed by atoms with Gasteiger partial charge in [0.05, 0.1) is 23.0 Å². The highest BCUT2D eigenvalue weighted by Crippen LogP contribution is 2.36. The molecule has 136 valence electrons. The van der Waals surface area contributed by atoms with Gasteiger partial charge in [-0.15, -0.1) is 0 Å². The van der Waals surface area contributed by atoms with Gasteiger partial charge in [0, 0.05) is 5.39 Å². The lowest BCUT2D eigenvalue weighted by molar-refractivity contribution is -0.121. The van der Waals surface area contributed by atoms with Crippen LogP contribution in [0.4, 0.5) is 0 Å². The van der Waals surface area contributed by atoms with E-state index < -0.39 is 18.5 Å². The minimum absolute atomic E-state index is 0.445. The number of amides is 1. The molecular weight excluding hydrogens is 344 g/mol. The fraction of sp³-hybridized carbons (Fsp3) is 0.190. The second-order valence-electron chi connectivity index (χ2n) is 6.41. The van der Waals surface area contributed by atoms with Crippen molar-refractivity contribution in [3.63, 3.8) is 0 Å². The number of primary amides is 1. The molecule has 1 aromatic carbocycles. The first-order chi connectivity index (χ1) is 13.1. The van der Waals surface area contributed by atoms with Crippen molar-refractivity contribution in [1.29, 1.82) is 0 Å². The number of ether oxygens (including phenoxy) is 1. The molecule has 4 rings (SSSR count). The van der Waals surface area contributed by atoms with Crippen LogP contribution in [0.2, 0.25) is 0 Å². The third-order valence-electron chi connectivity index (χ3n) is 4.58. The molecule has 1 amide bonds. The van der Waals surface area contributed by atoms with Gasteiger partial charge in [0.15, 0.2) is 6.61 Å². The Labute approximate surface area is 155 Å². The highest BCUT2D eigenvalue weighted by molar-refractivity contribution is 6.07. The number of nitrogens with two attached hydrogens (primary N) is 1. The number of carbonyl (C=O) groups excluding carboxylic acids is 2. The van der Waals surface area contributed by atoms with Gasteiger partial charge < -0.3 is 14.9 Å². The first kappa shape index (κ1) is 17.0. The zero-order valence-electron chi connectivity index (χ0n) is 14.6. The average Bonchev–Trinajstić information content (AvgIpc) is 3.18. The molecule has 1 aliphatic rings. The van der Waals surface area contributed by atoms with E-state index >= 15 is 0 Å². The lowest BCUT2D eigenvalue weighted by atomic mass is 9.86. The number of allylic oxidation sites excluding steroid dienone is 1. The van der Waals surface area contributed by atoms with Gasteiger partial charge >= 0.3 is 5.97 Å². The number of fused-ring (bicyclic) bond motifs is 2. The van der Waals surface area contributed by atoms with E-state index in [1.54, 1.807) is 6.26 Å². The molecule has 6 heteroatoms. The van der Waals surface area contributed by atoms with Gasteiger partial charge in [-0.2, -0.15) is 0 Å². The molecule has 0 bridgehead atoms. The van der Waals surface area contributed by atoms with E-state index in [-0.39, 0.29) is 0 Å². The second kappa shape index (κ2) is 7.07. The van der Waals surface area contributed by atoms with Crippen LogP contribution in [-0.4, -0.2) is 23.5 Å². The Kier molecular flexibility index (Phi) is 4.46. The van der Waals surface area contributed by atoms with Crippen LogP contribution >= 0.6 is 0 Å². The van der Waals surface area contributed by atoms with Crippen molar-refractivity contribution in [2.75, 3.05) is 6.61 Å². The average molecular weight is 362 g/mol. The Hall–Kier alpha value is -3.41. The van der Waals surface area contributed by atoms with Crippen LogP contribution in [-0.2, 0) is 16.0 Å². The van der Waals surface area contributed by atoms with E-state index in [4.69, 9.17) is 19.9 Å². The topological polar surface area (TPSA) is 95.4 Å². The summed E-state index contributed by atoms with van der Waals surface area (Å²) < 4.78 is 10.6. The number of hydrogen-bond acceptors (Lipinski definition) is 5. The van der Waals surface area contributed by atoms with Crippen LogP contribution in [0.1, 0.15) is 40.2 Å². The quantitative estimate of drug-likeness (QED) is 0.718. The number of esters is 1. The van der Waals surface area contributed by atoms with Gasteiger partial charge in [0.25, 0.3) is 5.91 Å². The number of furan rings is 1. The molecule has 0 fully saturated rings. The number of nitrogens with zero attached hydrogens (tertiary/aromatic N) is 1. The van der Waals surface area contributed by atoms with E-state index in [0.29, 0.717) is 22.9 Å². The Balaban J connectivity index is 1.89. The van der Waals surface area contributed by atoms with Crippen molar-refractivity contribution in [3.8, 4) is 0 Å². The first-order valence-corrected chi connectivity index (χ1v) is 8.75. The normalized spacial score (nSPS) is 14.9. The van der Waals surface area contributed by atoms with E-state index in [1.807, 2.05) is 42.5 Å². The van der Waals surface area contributed by atoms with Crippen LogP contribution in [0.25, 0.3) is 22.6 Å². The van der Waals surface area contributed by atoms with Gasteiger partial charge in [-0.05, 0) is 54.7 Å². The maximum absolute atomic E-state index is 12.8. The summed E-state index contributed by atoms with van der Waals surface area (Å²) in [5.74, 6) is -0.498. The van der Waals surface area contributed by atoms with Crippen molar-refractivity contribution in [2.24, 2.45) is 5.73 Å². The lowest BCUT2D eigenvalue weighted by Crippen LogP contribution is -2.22. The van der Waals surface area contributed by atoms with Crippen LogP contribution in [0.15, 0.2) is 47.1 Å². The molecular formula is C21H18N2O4. The molecule has 2 N–H and O–H groups in total. The van der Waals surface area contributed by atoms with Crippen molar-refractivity contribution in [1.82, 2.24) is 4.98 Å². The maximum Gasteiger partial charge on any atom is 0.339 e. The number of carbonyl (C=O) groups is 2. The summed E-state index contributed by atoms with van der Waals surface area (Å²) in [6.07, 6.45) is 6.02. The molecule has 2 heterocycles. The minimum Gasteiger partial charge on any atom is -0.465 e. The van der Waals surface area contributed by atoms with E-state index in [0.717, 1.165) is 35.4 Å². The van der Waals surface area contributed by atoms with Crippen LogP contribution in [0, 0.1) is 0 Å². The molecule has 0 atom stereocenters. The SMILES string of the molecule is NC(=O)COC(=O)c1c2c(nc3ccccc13)/C(=C\c1ccco1)CCC2. The third kappa shape index (κ3) is 3.33. The highest BCUT2D eigenvalue weighted by Gasteiger charge is 2.26. The number of pyridine rings is 1. The van der Waals surface area contributed by atoms with Crippen molar-refractivity contribution >= 4 is 34.4 Å². The molecule has 0 saturated heterocycles. The van der Waals surface area contributed by atoms with Crippen LogP contribution in [0.5, 0.6) is 0 Å². The number of benzene rings is 1. The number of aromatic nitrogens is 1. The zero-order valence-corrected chi connectivity index (χ0v) is 14.6. The summed E-state index contributed by atoms with van der Waals surface area (Å²) in [6.45, 7) is -0.445. The molecule has 27 heavy (non-hydrogen) atoms. The van der Waals surface area contributed by atoms with Gasteiger partial charge in [-0.1, -0.05) is 18.2 Å². The van der Waals surface area contributed by atoms with Crippen molar-refractivity contribution in [3.05, 3.63) is 65.2 Å². The highest BCUT2D eigenvalue weighted by atomic mass is 16.5. The molecule has 6 nitrogen and oxygen atoms in total. The molecule has 3 aromatic rings. The lowest BCUT2D eigenvalue weighted by Gasteiger charge is -2.22. The second-order valence-corrected chi connectivity index (χ2v) is 6.41. The van der Waals surface area contributed by atoms with Crippen LogP contribution in [0.3, 0.4) is 0 Å². The van der Waals surface area contributed by atoms with E-state index in [2.05, 4.69) is 0 Å². The van der Waals surface area contributed by atoms with Gasteiger partial charge in [-0.25, -0.2) is 9.78 Å². The summed E-state index contributed by atoms with van der Waals surface area (Å²) in [7, 11) is 0. The summed E-state index contributed by atoms with van der Waals surface area (Å²) in [5, 5.41) is 0.713. The van der Waals surface area contributed by atoms with Gasteiger partial charge in [-0.3, -0.25) is 4.79 Å². The molecule has 0 saturated carbocycles. The largest absolute Gasteiger partial charge is 0.465 e. The molecule has 0 unspecified atom stereocenters. The molecule has 1 aliphatic carbocycles. The molecule has 2 aromatic heterocycles. The fourth-order valence-electron chi connectivity index (χ4n) is 3.46. The minimum atomic E-state index is -0.686. The summed E-state index contributed by atoms with van der Waals surface area (Å²) in [5.41, 5.74) is 8.92. The molecule has 0 radical (unpaired) electrons. The van der Waals surface area contributed by atoms with E-state index in [1.165, 1.54) is 0 Å². The number of rotatable bonds is 4. The van der Waals surface area contributed by atoms with E-state index in [9.17, 15) is 9.59 Å². The monoisotopic (exact) mass is 362 g/mol. The summed E-state index contributed by atoms with van der Waals surface area (Å²) in [4.78, 5) is 28.6. The molecule has 0 aliphatic heterocycles.